The zero-order valence-corrected chi connectivity index (χ0v) is 12.7. The lowest BCUT2D eigenvalue weighted by Gasteiger charge is -2.23. The molecule has 1 aliphatic rings. The van der Waals surface area contributed by atoms with Gasteiger partial charge in [-0.05, 0) is 26.7 Å². The van der Waals surface area contributed by atoms with Crippen LogP contribution in [0.2, 0.25) is 0 Å². The number of amides is 1. The monoisotopic (exact) mass is 278 g/mol. The number of carbonyl (C=O) groups is 1. The van der Waals surface area contributed by atoms with Crippen molar-refractivity contribution in [2.75, 3.05) is 0 Å². The molecule has 1 heterocycles. The number of nitrogens with zero attached hydrogens (tertiary/aromatic N) is 2. The average Bonchev–Trinajstić information content (AvgIpc) is 2.62. The molecule has 1 aliphatic carbocycles. The van der Waals surface area contributed by atoms with Crippen molar-refractivity contribution in [3.63, 3.8) is 0 Å². The standard InChI is InChI=1S/C15H26N4O/c1-10(13-9-17-19(3)11(13)2)18-15(20)12-7-5-4-6-8-14(12)16/h9-10,12,14H,4-8,16H2,1-3H3,(H,18,20). The van der Waals surface area contributed by atoms with Gasteiger partial charge >= 0.3 is 0 Å². The summed E-state index contributed by atoms with van der Waals surface area (Å²) in [4.78, 5) is 12.4. The third-order valence-corrected chi connectivity index (χ3v) is 4.50. The quantitative estimate of drug-likeness (QED) is 0.828. The van der Waals surface area contributed by atoms with Gasteiger partial charge in [-0.3, -0.25) is 9.48 Å². The van der Waals surface area contributed by atoms with Gasteiger partial charge in [0, 0.05) is 24.3 Å². The van der Waals surface area contributed by atoms with Crippen LogP contribution in [0.1, 0.15) is 56.3 Å². The third kappa shape index (κ3) is 3.20. The summed E-state index contributed by atoms with van der Waals surface area (Å²) in [5.74, 6) is 0.0482. The van der Waals surface area contributed by atoms with Gasteiger partial charge in [0.25, 0.3) is 0 Å². The van der Waals surface area contributed by atoms with Gasteiger partial charge in [0.15, 0.2) is 0 Å². The van der Waals surface area contributed by atoms with Crippen molar-refractivity contribution in [3.8, 4) is 0 Å². The molecule has 1 fully saturated rings. The zero-order valence-electron chi connectivity index (χ0n) is 12.7. The van der Waals surface area contributed by atoms with Crippen molar-refractivity contribution < 1.29 is 4.79 Å². The fraction of sp³-hybridized carbons (Fsp3) is 0.733. The predicted octanol–water partition coefficient (Wildman–Crippen LogP) is 1.81. The van der Waals surface area contributed by atoms with Gasteiger partial charge in [-0.25, -0.2) is 0 Å². The Morgan fingerprint density at radius 3 is 2.80 bits per heavy atom. The van der Waals surface area contributed by atoms with E-state index in [9.17, 15) is 4.79 Å². The molecule has 1 aromatic heterocycles. The van der Waals surface area contributed by atoms with Gasteiger partial charge < -0.3 is 11.1 Å². The molecule has 2 rings (SSSR count). The molecular formula is C15H26N4O. The van der Waals surface area contributed by atoms with Crippen molar-refractivity contribution in [1.82, 2.24) is 15.1 Å². The highest BCUT2D eigenvalue weighted by atomic mass is 16.2. The van der Waals surface area contributed by atoms with E-state index in [0.29, 0.717) is 0 Å². The number of nitrogens with two attached hydrogens (primary N) is 1. The summed E-state index contributed by atoms with van der Waals surface area (Å²) in [6.45, 7) is 4.02. The van der Waals surface area contributed by atoms with Crippen LogP contribution in [0.4, 0.5) is 0 Å². The fourth-order valence-corrected chi connectivity index (χ4v) is 3.00. The van der Waals surface area contributed by atoms with Crippen LogP contribution in [0.3, 0.4) is 0 Å². The summed E-state index contributed by atoms with van der Waals surface area (Å²) >= 11 is 0. The van der Waals surface area contributed by atoms with Crippen molar-refractivity contribution in [2.45, 2.75) is 58.0 Å². The first-order chi connectivity index (χ1) is 9.50. The van der Waals surface area contributed by atoms with E-state index in [1.54, 1.807) is 0 Å². The van der Waals surface area contributed by atoms with E-state index in [1.807, 2.05) is 31.8 Å². The molecule has 1 saturated carbocycles. The summed E-state index contributed by atoms with van der Waals surface area (Å²) in [6, 6.07) is -0.0219. The molecule has 0 aromatic carbocycles. The largest absolute Gasteiger partial charge is 0.349 e. The van der Waals surface area contributed by atoms with Gasteiger partial charge in [-0.15, -0.1) is 0 Å². The number of hydrogen-bond donors (Lipinski definition) is 2. The topological polar surface area (TPSA) is 72.9 Å². The number of nitrogens with one attached hydrogen (secondary N) is 1. The third-order valence-electron chi connectivity index (χ3n) is 4.50. The molecule has 0 bridgehead atoms. The Kier molecular flexibility index (Phi) is 4.81. The molecule has 1 aromatic rings. The fourth-order valence-electron chi connectivity index (χ4n) is 3.00. The van der Waals surface area contributed by atoms with E-state index >= 15 is 0 Å². The molecule has 0 saturated heterocycles. The van der Waals surface area contributed by atoms with E-state index in [1.165, 1.54) is 6.42 Å². The Balaban J connectivity index is 2.01. The van der Waals surface area contributed by atoms with Gasteiger partial charge in [0.2, 0.25) is 5.91 Å². The molecule has 3 N–H and O–H groups in total. The minimum absolute atomic E-state index is 0.000282. The summed E-state index contributed by atoms with van der Waals surface area (Å²) in [5, 5.41) is 7.33. The van der Waals surface area contributed by atoms with Gasteiger partial charge in [0.1, 0.15) is 0 Å². The van der Waals surface area contributed by atoms with Crippen molar-refractivity contribution >= 4 is 5.91 Å². The normalized spacial score (nSPS) is 25.0. The molecule has 5 nitrogen and oxygen atoms in total. The maximum absolute atomic E-state index is 12.4. The zero-order chi connectivity index (χ0) is 14.7. The molecule has 5 heteroatoms. The van der Waals surface area contributed by atoms with E-state index in [4.69, 9.17) is 5.73 Å². The maximum atomic E-state index is 12.4. The Labute approximate surface area is 120 Å². The van der Waals surface area contributed by atoms with Gasteiger partial charge in [-0.1, -0.05) is 19.3 Å². The van der Waals surface area contributed by atoms with Gasteiger partial charge in [-0.2, -0.15) is 5.10 Å². The Bertz CT molecular complexity index is 468. The lowest BCUT2D eigenvalue weighted by Crippen LogP contribution is -2.42. The minimum atomic E-state index is -0.0445. The van der Waals surface area contributed by atoms with Crippen LogP contribution >= 0.6 is 0 Å². The second kappa shape index (κ2) is 6.39. The minimum Gasteiger partial charge on any atom is -0.349 e. The molecule has 0 spiro atoms. The SMILES string of the molecule is Cc1c(C(C)NC(=O)C2CCCCCC2N)cnn1C. The molecule has 3 atom stereocenters. The number of hydrogen-bond acceptors (Lipinski definition) is 3. The van der Waals surface area contributed by atoms with Crippen molar-refractivity contribution in [2.24, 2.45) is 18.7 Å². The Morgan fingerprint density at radius 2 is 2.15 bits per heavy atom. The molecule has 0 aliphatic heterocycles. The van der Waals surface area contributed by atoms with E-state index < -0.39 is 0 Å². The Morgan fingerprint density at radius 1 is 1.45 bits per heavy atom. The molecule has 1 amide bonds. The molecule has 20 heavy (non-hydrogen) atoms. The smallest absolute Gasteiger partial charge is 0.225 e. The van der Waals surface area contributed by atoms with Crippen LogP contribution in [0.15, 0.2) is 6.20 Å². The maximum Gasteiger partial charge on any atom is 0.225 e. The summed E-state index contributed by atoms with van der Waals surface area (Å²) < 4.78 is 1.83. The molecule has 3 unspecified atom stereocenters. The highest BCUT2D eigenvalue weighted by molar-refractivity contribution is 5.79. The highest BCUT2D eigenvalue weighted by Gasteiger charge is 2.28. The summed E-state index contributed by atoms with van der Waals surface area (Å²) in [7, 11) is 1.91. The lowest BCUT2D eigenvalue weighted by atomic mass is 9.94. The van der Waals surface area contributed by atoms with Crippen LogP contribution in [0.25, 0.3) is 0 Å². The highest BCUT2D eigenvalue weighted by Crippen LogP contribution is 2.24. The van der Waals surface area contributed by atoms with Crippen LogP contribution in [0, 0.1) is 12.8 Å². The second-order valence-corrected chi connectivity index (χ2v) is 5.95. The summed E-state index contributed by atoms with van der Waals surface area (Å²) in [6.07, 6.45) is 7.13. The molecular weight excluding hydrogens is 252 g/mol. The number of carbonyl (C=O) groups excluding carboxylic acids is 1. The van der Waals surface area contributed by atoms with Crippen LogP contribution in [-0.2, 0) is 11.8 Å². The predicted molar refractivity (Wildman–Crippen MR) is 79.1 cm³/mol. The van der Waals surface area contributed by atoms with Crippen LogP contribution < -0.4 is 11.1 Å². The van der Waals surface area contributed by atoms with E-state index in [2.05, 4.69) is 10.4 Å². The second-order valence-electron chi connectivity index (χ2n) is 5.95. The first-order valence-corrected chi connectivity index (χ1v) is 7.55. The van der Waals surface area contributed by atoms with Gasteiger partial charge in [0.05, 0.1) is 18.2 Å². The van der Waals surface area contributed by atoms with Crippen molar-refractivity contribution in [3.05, 3.63) is 17.5 Å². The molecule has 112 valence electrons. The van der Waals surface area contributed by atoms with Crippen LogP contribution in [0.5, 0.6) is 0 Å². The van der Waals surface area contributed by atoms with E-state index in [-0.39, 0.29) is 23.9 Å². The van der Waals surface area contributed by atoms with Crippen LogP contribution in [-0.4, -0.2) is 21.7 Å². The lowest BCUT2D eigenvalue weighted by molar-refractivity contribution is -0.126. The summed E-state index contributed by atoms with van der Waals surface area (Å²) in [5.41, 5.74) is 8.31. The van der Waals surface area contributed by atoms with E-state index in [0.717, 1.165) is 36.9 Å². The van der Waals surface area contributed by atoms with Crippen molar-refractivity contribution in [1.29, 1.82) is 0 Å². The first kappa shape index (κ1) is 15.0. The first-order valence-electron chi connectivity index (χ1n) is 7.55. The Hall–Kier alpha value is -1.36. The number of aromatic nitrogens is 2. The molecule has 0 radical (unpaired) electrons. The number of aryl methyl sites for hydroxylation is 1. The number of rotatable bonds is 3. The average molecular weight is 278 g/mol.